The normalized spacial score (nSPS) is 15.4. The number of benzene rings is 3. The molecule has 0 bridgehead atoms. The van der Waals surface area contributed by atoms with Crippen LogP contribution in [0.15, 0.2) is 70.3 Å². The van der Waals surface area contributed by atoms with Gasteiger partial charge in [-0.2, -0.15) is 0 Å². The zero-order valence-corrected chi connectivity index (χ0v) is 24.9. The molecule has 0 unspecified atom stereocenters. The first-order valence-electron chi connectivity index (χ1n) is 13.8. The Hall–Kier alpha value is -4.11. The Morgan fingerprint density at radius 3 is 2.56 bits per heavy atom. The number of nitrogens with one attached hydrogen (secondary N) is 2. The second-order valence-electron chi connectivity index (χ2n) is 10.5. The van der Waals surface area contributed by atoms with Crippen molar-refractivity contribution >= 4 is 47.9 Å². The van der Waals surface area contributed by atoms with E-state index < -0.39 is 26.0 Å². The van der Waals surface area contributed by atoms with Crippen LogP contribution in [0.3, 0.4) is 0 Å². The van der Waals surface area contributed by atoms with E-state index in [0.29, 0.717) is 48.1 Å². The van der Waals surface area contributed by atoms with Crippen molar-refractivity contribution in [2.24, 2.45) is 5.73 Å². The van der Waals surface area contributed by atoms with Gasteiger partial charge in [-0.05, 0) is 88.6 Å². The Balaban J connectivity index is 1.29. The van der Waals surface area contributed by atoms with Crippen LogP contribution < -0.4 is 10.5 Å². The predicted octanol–water partition coefficient (Wildman–Crippen LogP) is 3.48. The first kappa shape index (κ1) is 29.0. The Morgan fingerprint density at radius 1 is 1.05 bits per heavy atom. The van der Waals surface area contributed by atoms with E-state index in [4.69, 9.17) is 10.4 Å². The summed E-state index contributed by atoms with van der Waals surface area (Å²) in [4.78, 5) is 15.7. The van der Waals surface area contributed by atoms with Gasteiger partial charge in [-0.25, -0.2) is 30.5 Å². The van der Waals surface area contributed by atoms with Gasteiger partial charge in [0.1, 0.15) is 10.4 Å². The number of sulfonamides is 2. The largest absolute Gasteiger partial charge is 0.366 e. The fourth-order valence-electron chi connectivity index (χ4n) is 5.69. The molecule has 0 saturated carbocycles. The number of amides is 1. The van der Waals surface area contributed by atoms with Crippen LogP contribution in [0.4, 0.5) is 0 Å². The van der Waals surface area contributed by atoms with Crippen molar-refractivity contribution in [3.8, 4) is 11.1 Å². The lowest BCUT2D eigenvalue weighted by molar-refractivity contribution is 0.100. The van der Waals surface area contributed by atoms with Crippen molar-refractivity contribution in [3.05, 3.63) is 77.5 Å². The molecule has 5 aromatic rings. The molecule has 6 rings (SSSR count). The number of nitrogens with two attached hydrogens (primary N) is 1. The number of piperidine rings is 1. The molecular formula is C29H30N6O6S2. The number of rotatable bonds is 9. The summed E-state index contributed by atoms with van der Waals surface area (Å²) in [5.74, 6) is -0.395. The van der Waals surface area contributed by atoms with Gasteiger partial charge in [-0.15, -0.1) is 0 Å². The van der Waals surface area contributed by atoms with Crippen LogP contribution in [0.2, 0.25) is 0 Å². The van der Waals surface area contributed by atoms with Gasteiger partial charge in [0.05, 0.1) is 16.8 Å². The van der Waals surface area contributed by atoms with Crippen LogP contribution in [0, 0.1) is 0 Å². The Bertz CT molecular complexity index is 2060. The number of primary amides is 1. The third kappa shape index (κ3) is 5.54. The molecule has 1 fully saturated rings. The molecule has 0 aliphatic carbocycles. The summed E-state index contributed by atoms with van der Waals surface area (Å²) in [6, 6.07) is 15.7. The van der Waals surface area contributed by atoms with Gasteiger partial charge < -0.3 is 10.7 Å². The van der Waals surface area contributed by atoms with E-state index in [1.807, 2.05) is 30.5 Å². The number of hydrogen-bond donors (Lipinski definition) is 3. The number of fused-ring (bicyclic) bond motifs is 2. The molecule has 12 nitrogen and oxygen atoms in total. The molecule has 224 valence electrons. The van der Waals surface area contributed by atoms with Crippen molar-refractivity contribution < 1.29 is 26.3 Å². The second-order valence-corrected chi connectivity index (χ2v) is 14.5. The molecule has 0 radical (unpaired) electrons. The van der Waals surface area contributed by atoms with Gasteiger partial charge in [-0.1, -0.05) is 24.3 Å². The topological polar surface area (TPSA) is 181 Å². The minimum Gasteiger partial charge on any atom is -0.366 e. The summed E-state index contributed by atoms with van der Waals surface area (Å²) in [6.07, 6.45) is 3.21. The number of H-pyrrole nitrogens is 1. The number of hydrogen-bond acceptors (Lipinski definition) is 8. The van der Waals surface area contributed by atoms with Crippen LogP contribution >= 0.6 is 0 Å². The first-order chi connectivity index (χ1) is 20.6. The average molecular weight is 623 g/mol. The fraction of sp³-hybridized carbons (Fsp3) is 0.276. The summed E-state index contributed by atoms with van der Waals surface area (Å²) >= 11 is 0. The number of carbonyl (C=O) groups is 1. The van der Waals surface area contributed by atoms with Gasteiger partial charge in [0, 0.05) is 31.2 Å². The van der Waals surface area contributed by atoms with E-state index in [2.05, 4.69) is 20.0 Å². The van der Waals surface area contributed by atoms with E-state index in [1.165, 1.54) is 6.07 Å². The van der Waals surface area contributed by atoms with Crippen molar-refractivity contribution in [1.82, 2.24) is 24.3 Å². The highest BCUT2D eigenvalue weighted by Crippen LogP contribution is 2.37. The molecule has 2 aromatic heterocycles. The highest BCUT2D eigenvalue weighted by Gasteiger charge is 2.29. The minimum atomic E-state index is -3.92. The zero-order valence-electron chi connectivity index (χ0n) is 23.3. The van der Waals surface area contributed by atoms with E-state index in [-0.39, 0.29) is 28.6 Å². The molecule has 1 aliphatic rings. The number of nitrogens with zero attached hydrogens (tertiary/aromatic N) is 3. The molecule has 43 heavy (non-hydrogen) atoms. The van der Waals surface area contributed by atoms with Gasteiger partial charge >= 0.3 is 0 Å². The zero-order chi connectivity index (χ0) is 30.4. The maximum atomic E-state index is 13.1. The first-order valence-corrected chi connectivity index (χ1v) is 16.9. The molecular weight excluding hydrogens is 592 g/mol. The summed E-state index contributed by atoms with van der Waals surface area (Å²) < 4.78 is 59.7. The van der Waals surface area contributed by atoms with Crippen LogP contribution in [0.5, 0.6) is 0 Å². The maximum absolute atomic E-state index is 13.1. The van der Waals surface area contributed by atoms with Gasteiger partial charge in [0.2, 0.25) is 20.0 Å². The summed E-state index contributed by atoms with van der Waals surface area (Å²) in [5.41, 5.74) is 10.5. The fourth-order valence-corrected chi connectivity index (χ4v) is 7.99. The minimum absolute atomic E-state index is 0.0113. The monoisotopic (exact) mass is 622 g/mol. The lowest BCUT2D eigenvalue weighted by atomic mass is 9.88. The summed E-state index contributed by atoms with van der Waals surface area (Å²) in [7, 11) is -7.17. The van der Waals surface area contributed by atoms with E-state index in [9.17, 15) is 21.6 Å². The number of carbonyl (C=O) groups excluding carboxylic acids is 1. The van der Waals surface area contributed by atoms with E-state index in [1.54, 1.807) is 35.5 Å². The van der Waals surface area contributed by atoms with Crippen molar-refractivity contribution in [1.29, 1.82) is 0 Å². The smallest absolute Gasteiger partial charge is 0.250 e. The molecule has 1 aliphatic heterocycles. The Kier molecular flexibility index (Phi) is 7.54. The Morgan fingerprint density at radius 2 is 1.81 bits per heavy atom. The highest BCUT2D eigenvalue weighted by molar-refractivity contribution is 7.89. The molecule has 3 heterocycles. The summed E-state index contributed by atoms with van der Waals surface area (Å²) in [6.45, 7) is 2.54. The van der Waals surface area contributed by atoms with Crippen LogP contribution in [0.1, 0.15) is 47.2 Å². The lowest BCUT2D eigenvalue weighted by Crippen LogP contribution is -2.38. The third-order valence-electron chi connectivity index (χ3n) is 8.00. The van der Waals surface area contributed by atoms with Crippen molar-refractivity contribution in [3.63, 3.8) is 0 Å². The van der Waals surface area contributed by atoms with Gasteiger partial charge in [-0.3, -0.25) is 4.79 Å². The standard InChI is InChI=1S/C29H30N6O6S2/c1-2-42(37,38)35-11-9-19(10-12-35)24-17-31-27-22(24)14-21(15-23(27)29(30)36)20-6-3-5-18(13-20)16-32-43(39,40)26-8-4-7-25-28(26)34-41-33-25/h3-8,13-15,17,19,31-32H,2,9-12,16H2,1H3,(H2,30,36). The molecule has 1 saturated heterocycles. The number of aromatic nitrogens is 3. The molecule has 4 N–H and O–H groups in total. The van der Waals surface area contributed by atoms with Gasteiger partial charge in [0.25, 0.3) is 5.91 Å². The Labute approximate surface area is 248 Å². The average Bonchev–Trinajstić information content (AvgIpc) is 3.67. The van der Waals surface area contributed by atoms with E-state index >= 15 is 0 Å². The van der Waals surface area contributed by atoms with Crippen molar-refractivity contribution in [2.75, 3.05) is 18.8 Å². The molecule has 3 aromatic carbocycles. The van der Waals surface area contributed by atoms with E-state index in [0.717, 1.165) is 22.1 Å². The van der Waals surface area contributed by atoms with Crippen molar-refractivity contribution in [2.45, 2.75) is 37.1 Å². The van der Waals surface area contributed by atoms with Crippen LogP contribution in [0.25, 0.3) is 33.1 Å². The molecule has 1 amide bonds. The summed E-state index contributed by atoms with van der Waals surface area (Å²) in [5, 5.41) is 8.28. The molecule has 0 atom stereocenters. The maximum Gasteiger partial charge on any atom is 0.250 e. The molecule has 14 heteroatoms. The molecule has 0 spiro atoms. The SMILES string of the molecule is CCS(=O)(=O)N1CCC(c2c[nH]c3c(C(N)=O)cc(-c4cccc(CNS(=O)(=O)c5cccc6nonc56)c4)cc23)CC1. The van der Waals surface area contributed by atoms with Crippen LogP contribution in [-0.4, -0.2) is 61.2 Å². The van der Waals surface area contributed by atoms with Crippen LogP contribution in [-0.2, 0) is 26.6 Å². The highest BCUT2D eigenvalue weighted by atomic mass is 32.2. The second kappa shape index (κ2) is 11.2. The third-order valence-corrected chi connectivity index (χ3v) is 11.3. The lowest BCUT2D eigenvalue weighted by Gasteiger charge is -2.31. The number of aromatic amines is 1. The quantitative estimate of drug-likeness (QED) is 0.223. The predicted molar refractivity (Wildman–Crippen MR) is 161 cm³/mol. The van der Waals surface area contributed by atoms with Gasteiger partial charge in [0.15, 0.2) is 5.52 Å².